The van der Waals surface area contributed by atoms with Gasteiger partial charge < -0.3 is 10.8 Å². The Morgan fingerprint density at radius 2 is 2.22 bits per heavy atom. The van der Waals surface area contributed by atoms with Crippen molar-refractivity contribution < 1.29 is 5.11 Å². The van der Waals surface area contributed by atoms with Crippen molar-refractivity contribution >= 4 is 12.4 Å². The molecule has 1 rings (SSSR count). The molecule has 0 fully saturated rings. The molecule has 3 heteroatoms. The smallest absolute Gasteiger partial charge is 0.0494 e. The molecule has 1 aliphatic rings. The van der Waals surface area contributed by atoms with Crippen LogP contribution in [-0.2, 0) is 0 Å². The number of nitrogens with two attached hydrogens (primary N) is 1. The minimum atomic E-state index is 0. The van der Waals surface area contributed by atoms with Crippen molar-refractivity contribution in [1.29, 1.82) is 0 Å². The number of halogens is 1. The van der Waals surface area contributed by atoms with E-state index in [-0.39, 0.29) is 25.1 Å². The van der Waals surface area contributed by atoms with Crippen LogP contribution in [0.1, 0.15) is 6.42 Å². The first-order valence-electron chi connectivity index (χ1n) is 2.87. The lowest BCUT2D eigenvalue weighted by Crippen LogP contribution is -2.15. The molecular formula is C6H12ClNO. The van der Waals surface area contributed by atoms with Gasteiger partial charge in [-0.2, -0.15) is 0 Å². The van der Waals surface area contributed by atoms with Gasteiger partial charge in [0.15, 0.2) is 0 Å². The fourth-order valence-electron chi connectivity index (χ4n) is 0.942. The van der Waals surface area contributed by atoms with Crippen molar-refractivity contribution in [3.05, 3.63) is 12.2 Å². The Morgan fingerprint density at radius 1 is 1.56 bits per heavy atom. The van der Waals surface area contributed by atoms with Gasteiger partial charge in [0, 0.05) is 18.6 Å². The van der Waals surface area contributed by atoms with Gasteiger partial charge in [-0.25, -0.2) is 0 Å². The molecule has 2 nitrogen and oxygen atoms in total. The van der Waals surface area contributed by atoms with Crippen LogP contribution in [0.3, 0.4) is 0 Å². The molecule has 0 spiro atoms. The molecule has 0 heterocycles. The fourth-order valence-corrected chi connectivity index (χ4v) is 0.942. The number of hydrogen-bond donors (Lipinski definition) is 2. The van der Waals surface area contributed by atoms with Crippen LogP contribution in [0.4, 0.5) is 0 Å². The Balaban J connectivity index is 0.000000640. The molecule has 3 N–H and O–H groups in total. The van der Waals surface area contributed by atoms with E-state index in [2.05, 4.69) is 0 Å². The average molecular weight is 150 g/mol. The first-order chi connectivity index (χ1) is 3.83. The highest BCUT2D eigenvalue weighted by Gasteiger charge is 2.13. The van der Waals surface area contributed by atoms with E-state index in [0.717, 1.165) is 6.42 Å². The topological polar surface area (TPSA) is 46.2 Å². The second-order valence-corrected chi connectivity index (χ2v) is 2.23. The van der Waals surface area contributed by atoms with Crippen LogP contribution in [0.2, 0.25) is 0 Å². The number of hydrogen-bond acceptors (Lipinski definition) is 2. The summed E-state index contributed by atoms with van der Waals surface area (Å²) >= 11 is 0. The predicted octanol–water partition coefficient (Wildman–Crippen LogP) is 0.304. The zero-order valence-corrected chi connectivity index (χ0v) is 5.97. The van der Waals surface area contributed by atoms with Crippen molar-refractivity contribution in [3.8, 4) is 0 Å². The highest BCUT2D eigenvalue weighted by atomic mass is 35.5. The van der Waals surface area contributed by atoms with Gasteiger partial charge in [0.1, 0.15) is 0 Å². The third kappa shape index (κ3) is 2.35. The number of aliphatic hydroxyl groups excluding tert-OH is 1. The van der Waals surface area contributed by atoms with Crippen LogP contribution in [-0.4, -0.2) is 17.8 Å². The minimum absolute atomic E-state index is 0. The van der Waals surface area contributed by atoms with Crippen LogP contribution in [0.5, 0.6) is 0 Å². The summed E-state index contributed by atoms with van der Waals surface area (Å²) in [5, 5.41) is 8.58. The molecule has 9 heavy (non-hydrogen) atoms. The van der Waals surface area contributed by atoms with Gasteiger partial charge in [0.25, 0.3) is 0 Å². The second kappa shape index (κ2) is 3.88. The summed E-state index contributed by atoms with van der Waals surface area (Å²) < 4.78 is 0. The third-order valence-electron chi connectivity index (χ3n) is 1.44. The lowest BCUT2D eigenvalue weighted by molar-refractivity contribution is 0.249. The van der Waals surface area contributed by atoms with E-state index in [0.29, 0.717) is 5.92 Å². The van der Waals surface area contributed by atoms with Crippen LogP contribution in [0.15, 0.2) is 12.2 Å². The van der Waals surface area contributed by atoms with Gasteiger partial charge in [-0.3, -0.25) is 0 Å². The largest absolute Gasteiger partial charge is 0.396 e. The molecule has 0 aromatic carbocycles. The highest BCUT2D eigenvalue weighted by molar-refractivity contribution is 5.85. The highest BCUT2D eigenvalue weighted by Crippen LogP contribution is 2.14. The maximum atomic E-state index is 8.58. The molecular weight excluding hydrogens is 138 g/mol. The third-order valence-corrected chi connectivity index (χ3v) is 1.44. The normalized spacial score (nSPS) is 32.2. The van der Waals surface area contributed by atoms with Gasteiger partial charge in [-0.05, 0) is 6.42 Å². The molecule has 54 valence electrons. The Hall–Kier alpha value is -0.0500. The summed E-state index contributed by atoms with van der Waals surface area (Å²) in [5.41, 5.74) is 5.50. The zero-order chi connectivity index (χ0) is 5.98. The van der Waals surface area contributed by atoms with E-state index in [4.69, 9.17) is 10.8 Å². The predicted molar refractivity (Wildman–Crippen MR) is 39.6 cm³/mol. The summed E-state index contributed by atoms with van der Waals surface area (Å²) in [5.74, 6) is 0.324. The molecule has 0 radical (unpaired) electrons. The van der Waals surface area contributed by atoms with Crippen molar-refractivity contribution in [2.24, 2.45) is 11.7 Å². The van der Waals surface area contributed by atoms with Crippen LogP contribution >= 0.6 is 12.4 Å². The lowest BCUT2D eigenvalue weighted by atomic mass is 10.1. The number of rotatable bonds is 1. The van der Waals surface area contributed by atoms with Crippen molar-refractivity contribution in [2.75, 3.05) is 6.61 Å². The minimum Gasteiger partial charge on any atom is -0.396 e. The fraction of sp³-hybridized carbons (Fsp3) is 0.667. The maximum absolute atomic E-state index is 8.58. The molecule has 0 aliphatic heterocycles. The SMILES string of the molecule is Cl.N[C@H]1C=CC(CO)C1. The van der Waals surface area contributed by atoms with E-state index >= 15 is 0 Å². The van der Waals surface area contributed by atoms with Crippen LogP contribution in [0, 0.1) is 5.92 Å². The van der Waals surface area contributed by atoms with Gasteiger partial charge in [-0.15, -0.1) is 12.4 Å². The first kappa shape index (κ1) is 8.95. The van der Waals surface area contributed by atoms with Crippen molar-refractivity contribution in [1.82, 2.24) is 0 Å². The van der Waals surface area contributed by atoms with Gasteiger partial charge in [-0.1, -0.05) is 12.2 Å². The molecule has 0 aromatic heterocycles. The summed E-state index contributed by atoms with van der Waals surface area (Å²) in [7, 11) is 0. The summed E-state index contributed by atoms with van der Waals surface area (Å²) in [6, 6.07) is 0.187. The van der Waals surface area contributed by atoms with E-state index in [1.165, 1.54) is 0 Å². The molecule has 1 aliphatic carbocycles. The van der Waals surface area contributed by atoms with E-state index in [1.54, 1.807) is 0 Å². The van der Waals surface area contributed by atoms with Gasteiger partial charge in [0.2, 0.25) is 0 Å². The first-order valence-corrected chi connectivity index (χ1v) is 2.87. The summed E-state index contributed by atoms with van der Waals surface area (Å²) in [6.45, 7) is 0.240. The Kier molecular flexibility index (Phi) is 3.86. The molecule has 0 bridgehead atoms. The molecule has 0 amide bonds. The van der Waals surface area contributed by atoms with Gasteiger partial charge in [0.05, 0.1) is 0 Å². The maximum Gasteiger partial charge on any atom is 0.0494 e. The zero-order valence-electron chi connectivity index (χ0n) is 5.16. The van der Waals surface area contributed by atoms with Crippen LogP contribution in [0.25, 0.3) is 0 Å². The van der Waals surface area contributed by atoms with E-state index in [1.807, 2.05) is 12.2 Å². The van der Waals surface area contributed by atoms with E-state index in [9.17, 15) is 0 Å². The molecule has 0 saturated carbocycles. The lowest BCUT2D eigenvalue weighted by Gasteiger charge is -2.02. The Labute approximate surface area is 61.2 Å². The standard InChI is InChI=1S/C6H11NO.ClH/c7-6-2-1-5(3-6)4-8;/h1-2,5-6,8H,3-4,7H2;1H/t5?,6-;/m0./s1. The molecule has 0 aromatic rings. The van der Waals surface area contributed by atoms with Crippen LogP contribution < -0.4 is 5.73 Å². The Morgan fingerprint density at radius 3 is 2.44 bits per heavy atom. The van der Waals surface area contributed by atoms with E-state index < -0.39 is 0 Å². The second-order valence-electron chi connectivity index (χ2n) is 2.23. The average Bonchev–Trinajstić information content (AvgIpc) is 2.14. The molecule has 1 unspecified atom stereocenters. The summed E-state index contributed by atoms with van der Waals surface area (Å²) in [4.78, 5) is 0. The Bertz CT molecular complexity index is 105. The summed E-state index contributed by atoms with van der Waals surface area (Å²) in [6.07, 6.45) is 4.84. The molecule has 0 saturated heterocycles. The quantitative estimate of drug-likeness (QED) is 0.527. The van der Waals surface area contributed by atoms with Gasteiger partial charge >= 0.3 is 0 Å². The van der Waals surface area contributed by atoms with Crippen molar-refractivity contribution in [3.63, 3.8) is 0 Å². The van der Waals surface area contributed by atoms with Crippen molar-refractivity contribution in [2.45, 2.75) is 12.5 Å². The molecule has 2 atom stereocenters. The monoisotopic (exact) mass is 149 g/mol. The number of aliphatic hydroxyl groups is 1.